The van der Waals surface area contributed by atoms with Crippen LogP contribution in [0.5, 0.6) is 5.75 Å². The average molecular weight is 350 g/mol. The van der Waals surface area contributed by atoms with Gasteiger partial charge in [-0.3, -0.25) is 0 Å². The number of benzene rings is 1. The van der Waals surface area contributed by atoms with Gasteiger partial charge >= 0.3 is 0 Å². The summed E-state index contributed by atoms with van der Waals surface area (Å²) in [4.78, 5) is 2.30. The van der Waals surface area contributed by atoms with Gasteiger partial charge in [0.2, 0.25) is 0 Å². The van der Waals surface area contributed by atoms with E-state index in [1.807, 2.05) is 25.1 Å². The van der Waals surface area contributed by atoms with Crippen molar-refractivity contribution in [3.05, 3.63) is 29.3 Å². The van der Waals surface area contributed by atoms with Crippen LogP contribution in [0.15, 0.2) is 18.2 Å². The van der Waals surface area contributed by atoms with E-state index in [1.54, 1.807) is 0 Å². The Morgan fingerprint density at radius 2 is 2.08 bits per heavy atom. The molecule has 3 rings (SSSR count). The van der Waals surface area contributed by atoms with E-state index in [0.717, 1.165) is 30.0 Å². The second-order valence-corrected chi connectivity index (χ2v) is 7.36. The summed E-state index contributed by atoms with van der Waals surface area (Å²) in [7, 11) is 2.10. The van der Waals surface area contributed by atoms with Crippen LogP contribution in [0.25, 0.3) is 0 Å². The Balaban J connectivity index is 1.94. The second-order valence-electron chi connectivity index (χ2n) is 7.36. The molecule has 0 aliphatic carbocycles. The van der Waals surface area contributed by atoms with E-state index >= 15 is 0 Å². The van der Waals surface area contributed by atoms with Crippen LogP contribution in [0.4, 0.5) is 0 Å². The Labute approximate surface area is 149 Å². The van der Waals surface area contributed by atoms with Crippen molar-refractivity contribution in [2.24, 2.45) is 11.8 Å². The van der Waals surface area contributed by atoms with E-state index in [1.165, 1.54) is 0 Å². The molecule has 0 unspecified atom stereocenters. The predicted molar refractivity (Wildman–Crippen MR) is 95.4 cm³/mol. The van der Waals surface area contributed by atoms with E-state index in [4.69, 9.17) is 4.74 Å². The quantitative estimate of drug-likeness (QED) is 0.574. The summed E-state index contributed by atoms with van der Waals surface area (Å²) in [6, 6.07) is 6.06. The molecule has 4 N–H and O–H groups in total. The van der Waals surface area contributed by atoms with Crippen LogP contribution in [0, 0.1) is 11.8 Å². The number of nitrogens with zero attached hydrogens (tertiary/aromatic N) is 1. The van der Waals surface area contributed by atoms with Crippen molar-refractivity contribution in [3.8, 4) is 5.75 Å². The number of likely N-dealkylation sites (tertiary alicyclic amines) is 1. The number of hydrogen-bond donors (Lipinski definition) is 4. The van der Waals surface area contributed by atoms with Gasteiger partial charge < -0.3 is 30.3 Å². The molecule has 2 heterocycles. The van der Waals surface area contributed by atoms with Crippen LogP contribution in [0.1, 0.15) is 30.5 Å². The summed E-state index contributed by atoms with van der Waals surface area (Å²) in [5.74, 6) is 1.38. The molecule has 0 bridgehead atoms. The Kier molecular flexibility index (Phi) is 5.65. The van der Waals surface area contributed by atoms with Gasteiger partial charge in [0, 0.05) is 36.8 Å². The predicted octanol–water partition coefficient (Wildman–Crippen LogP) is 0.513. The fraction of sp³-hybridized carbons (Fsp3) is 0.684. The zero-order valence-corrected chi connectivity index (χ0v) is 15.1. The molecule has 2 saturated heterocycles. The molecule has 0 amide bonds. The van der Waals surface area contributed by atoms with Gasteiger partial charge in [-0.1, -0.05) is 6.07 Å². The Bertz CT molecular complexity index is 597. The maximum absolute atomic E-state index is 10.1. The molecule has 2 aliphatic heterocycles. The minimum absolute atomic E-state index is 0.0168. The molecule has 1 aromatic rings. The molecule has 2 aliphatic rings. The normalized spacial score (nSPS) is 32.1. The highest BCUT2D eigenvalue weighted by atomic mass is 16.5. The highest BCUT2D eigenvalue weighted by molar-refractivity contribution is 5.39. The molecule has 2 fully saturated rings. The van der Waals surface area contributed by atoms with Gasteiger partial charge in [-0.25, -0.2) is 0 Å². The van der Waals surface area contributed by atoms with Crippen LogP contribution in [0.2, 0.25) is 0 Å². The first-order chi connectivity index (χ1) is 12.1. The first-order valence-corrected chi connectivity index (χ1v) is 9.13. The van der Waals surface area contributed by atoms with Crippen molar-refractivity contribution in [3.63, 3.8) is 0 Å². The molecule has 25 heavy (non-hydrogen) atoms. The van der Waals surface area contributed by atoms with E-state index in [0.29, 0.717) is 24.9 Å². The summed E-state index contributed by atoms with van der Waals surface area (Å²) in [5, 5.41) is 33.0. The van der Waals surface area contributed by atoms with Gasteiger partial charge in [-0.05, 0) is 49.9 Å². The maximum Gasteiger partial charge on any atom is 0.124 e. The zero-order chi connectivity index (χ0) is 18.0. The van der Waals surface area contributed by atoms with Gasteiger partial charge in [0.1, 0.15) is 5.75 Å². The highest BCUT2D eigenvalue weighted by Crippen LogP contribution is 2.48. The third kappa shape index (κ3) is 3.29. The van der Waals surface area contributed by atoms with Gasteiger partial charge in [-0.2, -0.15) is 0 Å². The van der Waals surface area contributed by atoms with E-state index in [9.17, 15) is 15.3 Å². The number of nitrogens with one attached hydrogen (secondary N) is 1. The van der Waals surface area contributed by atoms with Crippen molar-refractivity contribution in [1.29, 1.82) is 0 Å². The lowest BCUT2D eigenvalue weighted by Crippen LogP contribution is -2.51. The lowest BCUT2D eigenvalue weighted by atomic mass is 9.79. The van der Waals surface area contributed by atoms with Crippen LogP contribution in [-0.2, 0) is 6.61 Å². The number of ether oxygens (including phenoxy) is 1. The highest BCUT2D eigenvalue weighted by Gasteiger charge is 2.55. The second kappa shape index (κ2) is 7.60. The molecule has 4 atom stereocenters. The van der Waals surface area contributed by atoms with Gasteiger partial charge in [0.15, 0.2) is 0 Å². The largest absolute Gasteiger partial charge is 0.494 e. The van der Waals surface area contributed by atoms with Gasteiger partial charge in [0.05, 0.1) is 19.8 Å². The average Bonchev–Trinajstić information content (AvgIpc) is 3.13. The molecule has 6 nitrogen and oxygen atoms in total. The lowest BCUT2D eigenvalue weighted by Gasteiger charge is -2.33. The summed E-state index contributed by atoms with van der Waals surface area (Å²) in [5.41, 5.74) is 1.44. The molecule has 0 aromatic heterocycles. The van der Waals surface area contributed by atoms with E-state index in [2.05, 4.69) is 17.3 Å². The van der Waals surface area contributed by atoms with Crippen LogP contribution < -0.4 is 10.1 Å². The third-order valence-electron chi connectivity index (χ3n) is 5.88. The van der Waals surface area contributed by atoms with Crippen molar-refractivity contribution < 1.29 is 20.1 Å². The topological polar surface area (TPSA) is 85.2 Å². The fourth-order valence-electron chi connectivity index (χ4n) is 4.72. The fourth-order valence-corrected chi connectivity index (χ4v) is 4.72. The first kappa shape index (κ1) is 18.6. The zero-order valence-electron chi connectivity index (χ0n) is 15.1. The molecular weight excluding hydrogens is 320 g/mol. The minimum atomic E-state index is -0.452. The Morgan fingerprint density at radius 1 is 1.28 bits per heavy atom. The van der Waals surface area contributed by atoms with Crippen LogP contribution >= 0.6 is 0 Å². The number of aliphatic hydroxyl groups excluding tert-OH is 3. The molecule has 0 radical (unpaired) electrons. The molecule has 1 aromatic carbocycles. The first-order valence-electron chi connectivity index (χ1n) is 9.13. The SMILES string of the molecule is CCOc1ccc([C@H]2N[C@](CO)(CCO)[C@H]3CN(C)C[C@@H]23)cc1CO. The van der Waals surface area contributed by atoms with Crippen LogP contribution in [0.3, 0.4) is 0 Å². The minimum Gasteiger partial charge on any atom is -0.494 e. The van der Waals surface area contributed by atoms with Gasteiger partial charge in [0.25, 0.3) is 0 Å². The lowest BCUT2D eigenvalue weighted by molar-refractivity contribution is 0.0993. The summed E-state index contributed by atoms with van der Waals surface area (Å²) in [6.07, 6.45) is 0.541. The monoisotopic (exact) mass is 350 g/mol. The Hall–Kier alpha value is -1.18. The number of aliphatic hydroxyl groups is 3. The summed E-state index contributed by atoms with van der Waals surface area (Å²) < 4.78 is 5.59. The maximum atomic E-state index is 10.1. The Morgan fingerprint density at radius 3 is 2.72 bits per heavy atom. The van der Waals surface area contributed by atoms with E-state index in [-0.39, 0.29) is 25.9 Å². The van der Waals surface area contributed by atoms with Crippen molar-refractivity contribution in [2.45, 2.75) is 31.5 Å². The smallest absolute Gasteiger partial charge is 0.124 e. The number of fused-ring (bicyclic) bond motifs is 1. The van der Waals surface area contributed by atoms with Crippen LogP contribution in [-0.4, -0.2) is 65.7 Å². The van der Waals surface area contributed by atoms with E-state index < -0.39 is 5.54 Å². The van der Waals surface area contributed by atoms with Crippen molar-refractivity contribution in [1.82, 2.24) is 10.2 Å². The van der Waals surface area contributed by atoms with Gasteiger partial charge in [-0.15, -0.1) is 0 Å². The standard InChI is InChI=1S/C19H30N2O4/c1-3-25-17-5-4-13(8-14(17)11-23)18-15-9-21(2)10-16(15)19(12-24,20-18)6-7-22/h4-5,8,15-16,18,20,22-24H,3,6-7,9-12H2,1-2H3/t15-,16+,18-,19+/m1/s1. The summed E-state index contributed by atoms with van der Waals surface area (Å²) >= 11 is 0. The molecule has 6 heteroatoms. The number of hydrogen-bond acceptors (Lipinski definition) is 6. The van der Waals surface area contributed by atoms with Crippen molar-refractivity contribution >= 4 is 0 Å². The summed E-state index contributed by atoms with van der Waals surface area (Å²) in [6.45, 7) is 4.37. The molecular formula is C19H30N2O4. The molecule has 140 valence electrons. The van der Waals surface area contributed by atoms with Crippen molar-refractivity contribution in [2.75, 3.05) is 40.0 Å². The molecule has 0 spiro atoms. The third-order valence-corrected chi connectivity index (χ3v) is 5.88. The molecule has 0 saturated carbocycles. The number of rotatable bonds is 7.